The molecule has 148 valence electrons. The van der Waals surface area contributed by atoms with Crippen LogP contribution >= 0.6 is 23.2 Å². The maximum atomic E-state index is 12.8. The van der Waals surface area contributed by atoms with E-state index in [2.05, 4.69) is 5.32 Å². The highest BCUT2D eigenvalue weighted by Gasteiger charge is 2.26. The molecule has 1 aliphatic heterocycles. The summed E-state index contributed by atoms with van der Waals surface area (Å²) in [7, 11) is 0. The summed E-state index contributed by atoms with van der Waals surface area (Å²) in [6.07, 6.45) is 1.39. The second-order valence-corrected chi connectivity index (χ2v) is 8.03. The average Bonchev–Trinajstić information content (AvgIpc) is 2.75. The number of hydrogen-bond acceptors (Lipinski definition) is 2. The van der Waals surface area contributed by atoms with E-state index in [1.165, 1.54) is 0 Å². The molecule has 3 aromatic rings. The van der Waals surface area contributed by atoms with Gasteiger partial charge in [-0.2, -0.15) is 0 Å². The Balaban J connectivity index is 1.40. The topological polar surface area (TPSA) is 49.4 Å². The fourth-order valence-electron chi connectivity index (χ4n) is 3.75. The Morgan fingerprint density at radius 2 is 1.62 bits per heavy atom. The van der Waals surface area contributed by atoms with Crippen LogP contribution in [0.5, 0.6) is 0 Å². The zero-order valence-electron chi connectivity index (χ0n) is 15.7. The van der Waals surface area contributed by atoms with Crippen LogP contribution in [0.1, 0.15) is 33.6 Å². The smallest absolute Gasteiger partial charge is 0.255 e. The lowest BCUT2D eigenvalue weighted by molar-refractivity contribution is 0.0698. The molecular formula is C23H20Cl2N2O2. The van der Waals surface area contributed by atoms with Gasteiger partial charge in [0.25, 0.3) is 11.8 Å². The first kappa shape index (κ1) is 19.7. The SMILES string of the molecule is O=C(NC1CCN(C(=O)c2cc(Cl)ccc2Cl)CC1)c1cccc2ccccc12. The monoisotopic (exact) mass is 426 g/mol. The summed E-state index contributed by atoms with van der Waals surface area (Å²) in [5, 5.41) is 5.98. The maximum absolute atomic E-state index is 12.8. The number of nitrogens with zero attached hydrogens (tertiary/aromatic N) is 1. The second-order valence-electron chi connectivity index (χ2n) is 7.19. The minimum absolute atomic E-state index is 0.0281. The van der Waals surface area contributed by atoms with Gasteiger partial charge in [0, 0.05) is 29.7 Å². The van der Waals surface area contributed by atoms with Crippen LogP contribution in [0.2, 0.25) is 10.0 Å². The molecule has 1 N–H and O–H groups in total. The highest BCUT2D eigenvalue weighted by atomic mass is 35.5. The molecule has 0 unspecified atom stereocenters. The van der Waals surface area contributed by atoms with E-state index in [1.54, 1.807) is 23.1 Å². The van der Waals surface area contributed by atoms with Gasteiger partial charge in [-0.3, -0.25) is 9.59 Å². The number of halogens is 2. The first-order chi connectivity index (χ1) is 14.0. The van der Waals surface area contributed by atoms with E-state index in [0.717, 1.165) is 10.8 Å². The molecule has 0 spiro atoms. The summed E-state index contributed by atoms with van der Waals surface area (Å²) in [6, 6.07) is 18.5. The summed E-state index contributed by atoms with van der Waals surface area (Å²) in [5.41, 5.74) is 1.09. The number of carbonyl (C=O) groups excluding carboxylic acids is 2. The number of benzene rings is 3. The van der Waals surface area contributed by atoms with Gasteiger partial charge in [-0.25, -0.2) is 0 Å². The van der Waals surface area contributed by atoms with Crippen LogP contribution in [0, 0.1) is 0 Å². The van der Waals surface area contributed by atoms with Crippen molar-refractivity contribution in [3.8, 4) is 0 Å². The van der Waals surface area contributed by atoms with Gasteiger partial charge in [0.15, 0.2) is 0 Å². The molecule has 4 nitrogen and oxygen atoms in total. The van der Waals surface area contributed by atoms with Crippen molar-refractivity contribution in [3.05, 3.63) is 81.8 Å². The average molecular weight is 427 g/mol. The van der Waals surface area contributed by atoms with Gasteiger partial charge in [0.05, 0.1) is 10.6 Å². The van der Waals surface area contributed by atoms with Crippen LogP contribution in [0.4, 0.5) is 0 Å². The van der Waals surface area contributed by atoms with Crippen LogP contribution in [0.15, 0.2) is 60.7 Å². The van der Waals surface area contributed by atoms with E-state index >= 15 is 0 Å². The zero-order chi connectivity index (χ0) is 20.4. The lowest BCUT2D eigenvalue weighted by Crippen LogP contribution is -2.46. The molecule has 1 heterocycles. The van der Waals surface area contributed by atoms with E-state index < -0.39 is 0 Å². The van der Waals surface area contributed by atoms with Crippen molar-refractivity contribution >= 4 is 45.8 Å². The van der Waals surface area contributed by atoms with Crippen LogP contribution in [0.25, 0.3) is 10.8 Å². The molecule has 1 saturated heterocycles. The fourth-order valence-corrected chi connectivity index (χ4v) is 4.12. The molecule has 1 aliphatic rings. The van der Waals surface area contributed by atoms with Crippen LogP contribution < -0.4 is 5.32 Å². The van der Waals surface area contributed by atoms with Crippen LogP contribution in [-0.4, -0.2) is 35.8 Å². The lowest BCUT2D eigenvalue weighted by Gasteiger charge is -2.32. The van der Waals surface area contributed by atoms with E-state index in [4.69, 9.17) is 23.2 Å². The molecule has 6 heteroatoms. The third-order valence-electron chi connectivity index (χ3n) is 5.31. The Morgan fingerprint density at radius 1 is 0.897 bits per heavy atom. The van der Waals surface area contributed by atoms with Crippen molar-refractivity contribution < 1.29 is 9.59 Å². The third-order valence-corrected chi connectivity index (χ3v) is 5.88. The van der Waals surface area contributed by atoms with Gasteiger partial charge in [0.2, 0.25) is 0 Å². The Bertz CT molecular complexity index is 1070. The van der Waals surface area contributed by atoms with E-state index in [-0.39, 0.29) is 17.9 Å². The van der Waals surface area contributed by atoms with E-state index in [1.807, 2.05) is 42.5 Å². The van der Waals surface area contributed by atoms with Crippen molar-refractivity contribution in [2.75, 3.05) is 13.1 Å². The molecule has 1 fully saturated rings. The fraction of sp³-hybridized carbons (Fsp3) is 0.217. The number of amides is 2. The summed E-state index contributed by atoms with van der Waals surface area (Å²) >= 11 is 12.2. The molecule has 0 radical (unpaired) electrons. The number of rotatable bonds is 3. The highest BCUT2D eigenvalue weighted by Crippen LogP contribution is 2.24. The number of likely N-dealkylation sites (tertiary alicyclic amines) is 1. The van der Waals surface area contributed by atoms with E-state index in [9.17, 15) is 9.59 Å². The molecule has 0 atom stereocenters. The number of nitrogens with one attached hydrogen (secondary N) is 1. The normalized spacial score (nSPS) is 14.8. The molecule has 0 bridgehead atoms. The Hall–Kier alpha value is -2.56. The molecular weight excluding hydrogens is 407 g/mol. The Kier molecular flexibility index (Phi) is 5.74. The maximum Gasteiger partial charge on any atom is 0.255 e. The van der Waals surface area contributed by atoms with Crippen molar-refractivity contribution in [3.63, 3.8) is 0 Å². The molecule has 0 aromatic heterocycles. The van der Waals surface area contributed by atoms with Crippen molar-refractivity contribution in [2.24, 2.45) is 0 Å². The van der Waals surface area contributed by atoms with Crippen molar-refractivity contribution in [1.82, 2.24) is 10.2 Å². The van der Waals surface area contributed by atoms with Crippen LogP contribution in [0.3, 0.4) is 0 Å². The van der Waals surface area contributed by atoms with Crippen molar-refractivity contribution in [1.29, 1.82) is 0 Å². The highest BCUT2D eigenvalue weighted by molar-refractivity contribution is 6.35. The summed E-state index contributed by atoms with van der Waals surface area (Å²) in [6.45, 7) is 1.12. The number of fused-ring (bicyclic) bond motifs is 1. The Labute approximate surface area is 179 Å². The summed E-state index contributed by atoms with van der Waals surface area (Å²) in [4.78, 5) is 27.3. The third kappa shape index (κ3) is 4.24. The molecule has 29 heavy (non-hydrogen) atoms. The molecule has 2 amide bonds. The van der Waals surface area contributed by atoms with Crippen LogP contribution in [-0.2, 0) is 0 Å². The predicted octanol–water partition coefficient (Wildman–Crippen LogP) is 5.18. The van der Waals surface area contributed by atoms with Gasteiger partial charge in [-0.05, 0) is 47.9 Å². The summed E-state index contributed by atoms with van der Waals surface area (Å²) < 4.78 is 0. The minimum Gasteiger partial charge on any atom is -0.349 e. The number of carbonyl (C=O) groups is 2. The quantitative estimate of drug-likeness (QED) is 0.626. The van der Waals surface area contributed by atoms with Gasteiger partial charge < -0.3 is 10.2 Å². The standard InChI is InChI=1S/C23H20Cl2N2O2/c24-16-8-9-21(25)20(14-16)23(29)27-12-10-17(11-13-27)26-22(28)19-7-3-5-15-4-1-2-6-18(15)19/h1-9,14,17H,10-13H2,(H,26,28). The van der Waals surface area contributed by atoms with E-state index in [0.29, 0.717) is 47.1 Å². The van der Waals surface area contributed by atoms with Gasteiger partial charge in [-0.1, -0.05) is 59.6 Å². The predicted molar refractivity (Wildman–Crippen MR) is 117 cm³/mol. The lowest BCUT2D eigenvalue weighted by atomic mass is 10.0. The second kappa shape index (κ2) is 8.44. The minimum atomic E-state index is -0.128. The van der Waals surface area contributed by atoms with Crippen molar-refractivity contribution in [2.45, 2.75) is 18.9 Å². The number of piperidine rings is 1. The largest absolute Gasteiger partial charge is 0.349 e. The van der Waals surface area contributed by atoms with Gasteiger partial charge >= 0.3 is 0 Å². The number of hydrogen-bond donors (Lipinski definition) is 1. The molecule has 3 aromatic carbocycles. The summed E-state index contributed by atoms with van der Waals surface area (Å²) in [5.74, 6) is -0.208. The van der Waals surface area contributed by atoms with Gasteiger partial charge in [0.1, 0.15) is 0 Å². The zero-order valence-corrected chi connectivity index (χ0v) is 17.2. The molecule has 4 rings (SSSR count). The molecule has 0 saturated carbocycles. The Morgan fingerprint density at radius 3 is 2.41 bits per heavy atom. The first-order valence-corrected chi connectivity index (χ1v) is 10.3. The van der Waals surface area contributed by atoms with Gasteiger partial charge in [-0.15, -0.1) is 0 Å². The molecule has 0 aliphatic carbocycles. The first-order valence-electron chi connectivity index (χ1n) is 9.56.